The van der Waals surface area contributed by atoms with E-state index in [1.54, 1.807) is 12.4 Å². The minimum absolute atomic E-state index is 0.0847. The van der Waals surface area contributed by atoms with Crippen LogP contribution in [-0.2, 0) is 4.74 Å². The highest BCUT2D eigenvalue weighted by atomic mass is 16.5. The highest BCUT2D eigenvalue weighted by Gasteiger charge is 2.46. The molecule has 2 aliphatic heterocycles. The number of aromatic nitrogens is 2. The van der Waals surface area contributed by atoms with Crippen LogP contribution in [0, 0.1) is 5.92 Å². The molecule has 3 fully saturated rings. The average molecular weight is 274 g/mol. The van der Waals surface area contributed by atoms with Crippen LogP contribution >= 0.6 is 0 Å². The summed E-state index contributed by atoms with van der Waals surface area (Å²) < 4.78 is 6.16. The quantitative estimate of drug-likeness (QED) is 0.902. The predicted molar refractivity (Wildman–Crippen MR) is 76.5 cm³/mol. The minimum Gasteiger partial charge on any atom is -0.371 e. The Morgan fingerprint density at radius 2 is 2.20 bits per heavy atom. The summed E-state index contributed by atoms with van der Waals surface area (Å²) in [6.07, 6.45) is 8.65. The van der Waals surface area contributed by atoms with E-state index >= 15 is 0 Å². The van der Waals surface area contributed by atoms with Gasteiger partial charge in [-0.25, -0.2) is 9.97 Å². The van der Waals surface area contributed by atoms with Crippen LogP contribution in [-0.4, -0.2) is 52.8 Å². The number of rotatable bonds is 4. The van der Waals surface area contributed by atoms with Crippen molar-refractivity contribution in [3.05, 3.63) is 18.5 Å². The van der Waals surface area contributed by atoms with Crippen molar-refractivity contribution >= 4 is 5.95 Å². The monoisotopic (exact) mass is 274 g/mol. The van der Waals surface area contributed by atoms with E-state index in [-0.39, 0.29) is 5.60 Å². The maximum absolute atomic E-state index is 6.16. The van der Waals surface area contributed by atoms with Crippen molar-refractivity contribution < 1.29 is 4.74 Å². The van der Waals surface area contributed by atoms with Gasteiger partial charge in [0.25, 0.3) is 0 Å². The number of anilines is 1. The molecule has 108 valence electrons. The first-order valence-corrected chi connectivity index (χ1v) is 7.71. The van der Waals surface area contributed by atoms with Gasteiger partial charge in [0.05, 0.1) is 18.2 Å². The van der Waals surface area contributed by atoms with Gasteiger partial charge in [-0.3, -0.25) is 0 Å². The highest BCUT2D eigenvalue weighted by Crippen LogP contribution is 2.38. The lowest BCUT2D eigenvalue weighted by atomic mass is 9.97. The predicted octanol–water partition coefficient (Wildman–Crippen LogP) is 1.53. The van der Waals surface area contributed by atoms with Gasteiger partial charge in [-0.1, -0.05) is 0 Å². The van der Waals surface area contributed by atoms with E-state index < -0.39 is 0 Å². The van der Waals surface area contributed by atoms with Crippen molar-refractivity contribution in [2.24, 2.45) is 5.92 Å². The molecule has 1 N–H and O–H groups in total. The maximum atomic E-state index is 6.16. The fourth-order valence-corrected chi connectivity index (χ4v) is 3.53. The summed E-state index contributed by atoms with van der Waals surface area (Å²) in [7, 11) is 0. The molecule has 1 aliphatic carbocycles. The Morgan fingerprint density at radius 3 is 3.00 bits per heavy atom. The summed E-state index contributed by atoms with van der Waals surface area (Å²) in [5, 5.41) is 3.39. The van der Waals surface area contributed by atoms with E-state index in [1.807, 2.05) is 6.07 Å². The molecule has 0 radical (unpaired) electrons. The summed E-state index contributed by atoms with van der Waals surface area (Å²) in [6, 6.07) is 2.18. The van der Waals surface area contributed by atoms with Gasteiger partial charge in [0, 0.05) is 38.4 Å². The van der Waals surface area contributed by atoms with Gasteiger partial charge < -0.3 is 15.0 Å². The molecule has 1 saturated carbocycles. The molecular formula is C15H22N4O. The van der Waals surface area contributed by atoms with Crippen molar-refractivity contribution in [2.45, 2.75) is 37.3 Å². The fourth-order valence-electron chi connectivity index (χ4n) is 3.53. The van der Waals surface area contributed by atoms with E-state index in [0.29, 0.717) is 12.0 Å². The Balaban J connectivity index is 1.33. The molecule has 4 rings (SSSR count). The number of ether oxygens (including phenoxy) is 1. The van der Waals surface area contributed by atoms with Gasteiger partial charge in [0.15, 0.2) is 0 Å². The van der Waals surface area contributed by atoms with Crippen LogP contribution in [0.15, 0.2) is 18.5 Å². The Labute approximate surface area is 119 Å². The zero-order chi connectivity index (χ0) is 13.4. The van der Waals surface area contributed by atoms with Gasteiger partial charge in [-0.15, -0.1) is 0 Å². The standard InChI is InChI=1S/C15H22N4O/c1-5-16-14(17-6-1)18-13-8-15(20-10-13)4-7-19(11-15)9-12-2-3-12/h1,5-6,12-13H,2-4,7-11H2,(H,16,17,18)/t13-,15-/m0/s1. The molecule has 5 nitrogen and oxygen atoms in total. The summed E-state index contributed by atoms with van der Waals surface area (Å²) in [5.41, 5.74) is 0.0847. The van der Waals surface area contributed by atoms with E-state index in [1.165, 1.54) is 32.4 Å². The largest absolute Gasteiger partial charge is 0.371 e. The van der Waals surface area contributed by atoms with E-state index in [9.17, 15) is 0 Å². The summed E-state index contributed by atoms with van der Waals surface area (Å²) in [4.78, 5) is 11.1. The molecule has 0 aromatic carbocycles. The Bertz CT molecular complexity index is 464. The van der Waals surface area contributed by atoms with Crippen molar-refractivity contribution in [3.8, 4) is 0 Å². The maximum Gasteiger partial charge on any atom is 0.222 e. The lowest BCUT2D eigenvalue weighted by Crippen LogP contribution is -2.34. The van der Waals surface area contributed by atoms with Gasteiger partial charge in [0.2, 0.25) is 5.95 Å². The number of nitrogens with one attached hydrogen (secondary N) is 1. The lowest BCUT2D eigenvalue weighted by Gasteiger charge is -2.23. The van der Waals surface area contributed by atoms with Gasteiger partial charge in [-0.05, 0) is 31.2 Å². The molecule has 5 heteroatoms. The van der Waals surface area contributed by atoms with Crippen LogP contribution < -0.4 is 5.32 Å². The SMILES string of the molecule is c1cnc(N[C@@H]2CO[C@@]3(CCN(CC4CC4)C3)C2)nc1. The number of likely N-dealkylation sites (tertiary alicyclic amines) is 1. The van der Waals surface area contributed by atoms with Gasteiger partial charge >= 0.3 is 0 Å². The first kappa shape index (κ1) is 12.5. The molecule has 0 bridgehead atoms. The Morgan fingerprint density at radius 1 is 1.35 bits per heavy atom. The lowest BCUT2D eigenvalue weighted by molar-refractivity contribution is 0.0123. The molecule has 2 saturated heterocycles. The third-order valence-corrected chi connectivity index (χ3v) is 4.72. The fraction of sp³-hybridized carbons (Fsp3) is 0.733. The van der Waals surface area contributed by atoms with Gasteiger partial charge in [-0.2, -0.15) is 0 Å². The second-order valence-corrected chi connectivity index (χ2v) is 6.54. The molecule has 1 aromatic heterocycles. The third kappa shape index (κ3) is 2.65. The van der Waals surface area contributed by atoms with Crippen molar-refractivity contribution in [1.82, 2.24) is 14.9 Å². The van der Waals surface area contributed by atoms with Crippen LogP contribution in [0.3, 0.4) is 0 Å². The second kappa shape index (κ2) is 4.97. The van der Waals surface area contributed by atoms with Crippen molar-refractivity contribution in [3.63, 3.8) is 0 Å². The number of hydrogen-bond acceptors (Lipinski definition) is 5. The molecule has 0 unspecified atom stereocenters. The molecule has 3 aliphatic rings. The van der Waals surface area contributed by atoms with Gasteiger partial charge in [0.1, 0.15) is 0 Å². The molecule has 0 amide bonds. The first-order valence-electron chi connectivity index (χ1n) is 7.71. The molecule has 3 heterocycles. The normalized spacial score (nSPS) is 33.9. The molecular weight excluding hydrogens is 252 g/mol. The second-order valence-electron chi connectivity index (χ2n) is 6.54. The van der Waals surface area contributed by atoms with Crippen LogP contribution in [0.5, 0.6) is 0 Å². The Kier molecular flexibility index (Phi) is 3.11. The van der Waals surface area contributed by atoms with Crippen LogP contribution in [0.1, 0.15) is 25.7 Å². The van der Waals surface area contributed by atoms with Crippen LogP contribution in [0.25, 0.3) is 0 Å². The first-order chi connectivity index (χ1) is 9.81. The van der Waals surface area contributed by atoms with E-state index in [4.69, 9.17) is 4.74 Å². The van der Waals surface area contributed by atoms with Crippen LogP contribution in [0.2, 0.25) is 0 Å². The van der Waals surface area contributed by atoms with Crippen LogP contribution in [0.4, 0.5) is 5.95 Å². The Hall–Kier alpha value is -1.20. The molecule has 1 aromatic rings. The molecule has 20 heavy (non-hydrogen) atoms. The third-order valence-electron chi connectivity index (χ3n) is 4.72. The molecule has 2 atom stereocenters. The average Bonchev–Trinajstić information content (AvgIpc) is 3.07. The smallest absolute Gasteiger partial charge is 0.222 e. The highest BCUT2D eigenvalue weighted by molar-refractivity contribution is 5.25. The minimum atomic E-state index is 0.0847. The summed E-state index contributed by atoms with van der Waals surface area (Å²) >= 11 is 0. The van der Waals surface area contributed by atoms with Crippen molar-refractivity contribution in [1.29, 1.82) is 0 Å². The van der Waals surface area contributed by atoms with E-state index in [2.05, 4.69) is 20.2 Å². The van der Waals surface area contributed by atoms with E-state index in [0.717, 1.165) is 25.5 Å². The molecule has 1 spiro atoms. The number of hydrogen-bond donors (Lipinski definition) is 1. The number of nitrogens with zero attached hydrogens (tertiary/aromatic N) is 3. The van der Waals surface area contributed by atoms with Crippen molar-refractivity contribution in [2.75, 3.05) is 31.6 Å². The zero-order valence-electron chi connectivity index (χ0n) is 11.8. The summed E-state index contributed by atoms with van der Waals surface area (Å²) in [5.74, 6) is 1.68. The topological polar surface area (TPSA) is 50.3 Å². The summed E-state index contributed by atoms with van der Waals surface area (Å²) in [6.45, 7) is 4.36. The zero-order valence-corrected chi connectivity index (χ0v) is 11.8.